The number of likely N-dealkylation sites (N-methyl/N-ethyl adjacent to an activating group) is 1. The third-order valence-corrected chi connectivity index (χ3v) is 5.54. The van der Waals surface area contributed by atoms with Crippen molar-refractivity contribution < 1.29 is 9.53 Å². The lowest BCUT2D eigenvalue weighted by atomic mass is 9.90. The predicted molar refractivity (Wildman–Crippen MR) is 110 cm³/mol. The Labute approximate surface area is 169 Å². The molecule has 144 valence electrons. The topological polar surface area (TPSA) is 58.2 Å². The molecule has 4 rings (SSSR count). The van der Waals surface area contributed by atoms with Gasteiger partial charge in [-0.2, -0.15) is 0 Å². The van der Waals surface area contributed by atoms with E-state index in [0.29, 0.717) is 30.4 Å². The van der Waals surface area contributed by atoms with Crippen molar-refractivity contribution in [3.8, 4) is 17.0 Å². The minimum absolute atomic E-state index is 0.350. The lowest BCUT2D eigenvalue weighted by Gasteiger charge is -2.21. The van der Waals surface area contributed by atoms with E-state index in [-0.39, 0.29) is 0 Å². The van der Waals surface area contributed by atoms with Crippen molar-refractivity contribution in [2.45, 2.75) is 26.2 Å². The molecule has 0 saturated carbocycles. The number of hydrogen-bond acceptors (Lipinski definition) is 3. The van der Waals surface area contributed by atoms with Crippen LogP contribution in [0.2, 0.25) is 5.02 Å². The Morgan fingerprint density at radius 1 is 1.18 bits per heavy atom. The van der Waals surface area contributed by atoms with E-state index in [9.17, 15) is 4.79 Å². The monoisotopic (exact) mass is 395 g/mol. The number of aryl methyl sites for hydroxylation is 2. The van der Waals surface area contributed by atoms with Gasteiger partial charge in [-0.15, -0.1) is 5.10 Å². The summed E-state index contributed by atoms with van der Waals surface area (Å²) >= 11 is 6.22. The molecule has 1 N–H and O–H groups in total. The molecular formula is C22H22ClN3O2. The molecule has 0 aliphatic heterocycles. The molecule has 0 bridgehead atoms. The smallest absolute Gasteiger partial charge is 0.389 e. The molecule has 0 spiro atoms. The van der Waals surface area contributed by atoms with E-state index < -0.39 is 6.09 Å². The summed E-state index contributed by atoms with van der Waals surface area (Å²) in [6.07, 6.45) is 2.09. The first-order valence-electron chi connectivity index (χ1n) is 9.53. The van der Waals surface area contributed by atoms with Crippen molar-refractivity contribution in [3.63, 3.8) is 0 Å². The highest BCUT2D eigenvalue weighted by Gasteiger charge is 2.25. The number of amides is 1. The first-order valence-corrected chi connectivity index (χ1v) is 9.91. The number of carbonyl (C=O) groups excluding carboxylic acids is 1. The molecule has 0 saturated heterocycles. The van der Waals surface area contributed by atoms with Gasteiger partial charge in [-0.1, -0.05) is 54.1 Å². The summed E-state index contributed by atoms with van der Waals surface area (Å²) in [5, 5.41) is 8.01. The molecule has 1 heterocycles. The lowest BCUT2D eigenvalue weighted by Crippen LogP contribution is -2.35. The van der Waals surface area contributed by atoms with Crippen LogP contribution in [0.25, 0.3) is 11.1 Å². The van der Waals surface area contributed by atoms with Crippen LogP contribution in [-0.2, 0) is 19.3 Å². The summed E-state index contributed by atoms with van der Waals surface area (Å²) < 4.78 is 5.69. The molecule has 1 aliphatic carbocycles. The van der Waals surface area contributed by atoms with Gasteiger partial charge in [0.15, 0.2) is 0 Å². The molecule has 0 radical (unpaired) electrons. The van der Waals surface area contributed by atoms with Crippen LogP contribution >= 0.6 is 11.6 Å². The normalized spacial score (nSPS) is 12.2. The van der Waals surface area contributed by atoms with Crippen molar-refractivity contribution in [2.75, 3.05) is 13.1 Å². The Morgan fingerprint density at radius 2 is 1.96 bits per heavy atom. The van der Waals surface area contributed by atoms with Crippen molar-refractivity contribution in [1.82, 2.24) is 15.1 Å². The molecule has 3 aromatic rings. The van der Waals surface area contributed by atoms with Crippen LogP contribution in [0.4, 0.5) is 4.79 Å². The second-order valence-electron chi connectivity index (χ2n) is 6.83. The number of fused-ring (bicyclic) bond motifs is 3. The second kappa shape index (κ2) is 8.07. The summed E-state index contributed by atoms with van der Waals surface area (Å²) in [6, 6.07) is 15.9. The molecule has 28 heavy (non-hydrogen) atoms. The van der Waals surface area contributed by atoms with E-state index in [4.69, 9.17) is 16.3 Å². The SMILES string of the molecule is CCN(CCc1ccccc1Cl)C(=O)Oc1n[nH]c2c1-c1ccccc1CC2. The average Bonchev–Trinajstić information content (AvgIpc) is 3.13. The van der Waals surface area contributed by atoms with Gasteiger partial charge < -0.3 is 9.64 Å². The Hall–Kier alpha value is -2.79. The van der Waals surface area contributed by atoms with E-state index in [2.05, 4.69) is 22.3 Å². The minimum atomic E-state index is -0.396. The minimum Gasteiger partial charge on any atom is -0.389 e. The lowest BCUT2D eigenvalue weighted by molar-refractivity contribution is 0.153. The second-order valence-corrected chi connectivity index (χ2v) is 7.24. The zero-order valence-electron chi connectivity index (χ0n) is 15.7. The number of rotatable bonds is 5. The van der Waals surface area contributed by atoms with Gasteiger partial charge in [-0.05, 0) is 48.9 Å². The number of nitrogens with zero attached hydrogens (tertiary/aromatic N) is 2. The van der Waals surface area contributed by atoms with Crippen LogP contribution in [0.5, 0.6) is 5.88 Å². The summed E-state index contributed by atoms with van der Waals surface area (Å²) in [5.41, 5.74) is 5.26. The van der Waals surface area contributed by atoms with Crippen LogP contribution in [0.1, 0.15) is 23.7 Å². The van der Waals surface area contributed by atoms with E-state index in [1.54, 1.807) is 4.90 Å². The van der Waals surface area contributed by atoms with E-state index in [0.717, 1.165) is 35.2 Å². The van der Waals surface area contributed by atoms with Gasteiger partial charge >= 0.3 is 6.09 Å². The van der Waals surface area contributed by atoms with Crippen LogP contribution in [0.15, 0.2) is 48.5 Å². The highest BCUT2D eigenvalue weighted by atomic mass is 35.5. The first-order chi connectivity index (χ1) is 13.7. The fourth-order valence-corrected chi connectivity index (χ4v) is 3.85. The van der Waals surface area contributed by atoms with Gasteiger partial charge in [0.25, 0.3) is 5.88 Å². The Balaban J connectivity index is 1.49. The quantitative estimate of drug-likeness (QED) is 0.669. The highest BCUT2D eigenvalue weighted by molar-refractivity contribution is 6.31. The molecule has 6 heteroatoms. The zero-order valence-corrected chi connectivity index (χ0v) is 16.5. The van der Waals surface area contributed by atoms with Gasteiger partial charge in [-0.3, -0.25) is 5.10 Å². The van der Waals surface area contributed by atoms with Crippen molar-refractivity contribution >= 4 is 17.7 Å². The number of H-pyrrole nitrogens is 1. The Morgan fingerprint density at radius 3 is 2.79 bits per heavy atom. The maximum atomic E-state index is 12.8. The third kappa shape index (κ3) is 3.62. The highest BCUT2D eigenvalue weighted by Crippen LogP contribution is 2.38. The standard InChI is InChI=1S/C22H22ClN3O2/c1-2-26(14-13-16-8-4-6-10-18(16)23)22(27)28-21-20-17-9-5-3-7-15(17)11-12-19(20)24-25-21/h3-10H,2,11-14H2,1H3,(H,24,25). The van der Waals surface area contributed by atoms with E-state index >= 15 is 0 Å². The molecule has 0 atom stereocenters. The van der Waals surface area contributed by atoms with Crippen molar-refractivity contribution in [2.24, 2.45) is 0 Å². The largest absolute Gasteiger partial charge is 0.416 e. The summed E-state index contributed by atoms with van der Waals surface area (Å²) in [5.74, 6) is 0.350. The third-order valence-electron chi connectivity index (χ3n) is 5.17. The maximum absolute atomic E-state index is 12.8. The molecule has 0 fully saturated rings. The fourth-order valence-electron chi connectivity index (χ4n) is 3.62. The predicted octanol–water partition coefficient (Wildman–Crippen LogP) is 4.89. The molecule has 0 unspecified atom stereocenters. The zero-order chi connectivity index (χ0) is 19.5. The molecular weight excluding hydrogens is 374 g/mol. The summed E-state index contributed by atoms with van der Waals surface area (Å²) in [4.78, 5) is 14.4. The Bertz CT molecular complexity index is 999. The van der Waals surface area contributed by atoms with E-state index in [1.165, 1.54) is 5.56 Å². The molecule has 1 amide bonds. The number of nitrogens with one attached hydrogen (secondary N) is 1. The van der Waals surface area contributed by atoms with Gasteiger partial charge in [0, 0.05) is 23.8 Å². The number of hydrogen-bond donors (Lipinski definition) is 1. The van der Waals surface area contributed by atoms with Gasteiger partial charge in [0.05, 0.1) is 5.56 Å². The summed E-state index contributed by atoms with van der Waals surface area (Å²) in [7, 11) is 0. The number of halogens is 1. The van der Waals surface area contributed by atoms with Gasteiger partial charge in [0.1, 0.15) is 0 Å². The molecule has 5 nitrogen and oxygen atoms in total. The van der Waals surface area contributed by atoms with Crippen LogP contribution < -0.4 is 4.74 Å². The van der Waals surface area contributed by atoms with Crippen molar-refractivity contribution in [3.05, 3.63) is 70.4 Å². The molecule has 2 aromatic carbocycles. The van der Waals surface area contributed by atoms with Crippen molar-refractivity contribution in [1.29, 1.82) is 0 Å². The van der Waals surface area contributed by atoms with Crippen LogP contribution in [0.3, 0.4) is 0 Å². The Kier molecular flexibility index (Phi) is 5.35. The number of aromatic nitrogens is 2. The van der Waals surface area contributed by atoms with Gasteiger partial charge in [0.2, 0.25) is 0 Å². The number of carbonyl (C=O) groups is 1. The van der Waals surface area contributed by atoms with Crippen LogP contribution in [0, 0.1) is 0 Å². The number of ether oxygens (including phenoxy) is 1. The van der Waals surface area contributed by atoms with E-state index in [1.807, 2.05) is 43.3 Å². The first kappa shape index (κ1) is 18.6. The van der Waals surface area contributed by atoms with Crippen LogP contribution in [-0.4, -0.2) is 34.3 Å². The van der Waals surface area contributed by atoms with Gasteiger partial charge in [-0.25, -0.2) is 4.79 Å². The summed E-state index contributed by atoms with van der Waals surface area (Å²) in [6.45, 7) is 3.01. The molecule has 1 aliphatic rings. The number of benzene rings is 2. The fraction of sp³-hybridized carbons (Fsp3) is 0.273. The number of aromatic amines is 1. The molecule has 1 aromatic heterocycles. The average molecular weight is 396 g/mol. The maximum Gasteiger partial charge on any atom is 0.416 e.